The minimum absolute atomic E-state index is 0.469. The molecule has 0 saturated carbocycles. The number of halogens is 1. The van der Waals surface area contributed by atoms with Crippen molar-refractivity contribution >= 4 is 22.9 Å². The van der Waals surface area contributed by atoms with E-state index in [1.54, 1.807) is 11.3 Å². The summed E-state index contributed by atoms with van der Waals surface area (Å²) in [7, 11) is 0. The molecular weight excluding hydrogens is 294 g/mol. The van der Waals surface area contributed by atoms with Crippen molar-refractivity contribution in [1.82, 2.24) is 4.98 Å². The third kappa shape index (κ3) is 4.69. The third-order valence-electron chi connectivity index (χ3n) is 2.62. The summed E-state index contributed by atoms with van der Waals surface area (Å²) in [4.78, 5) is 4.39. The highest BCUT2D eigenvalue weighted by Crippen LogP contribution is 2.18. The monoisotopic (exact) mass is 311 g/mol. The average Bonchev–Trinajstić information content (AvgIpc) is 2.94. The maximum absolute atomic E-state index is 5.72. The van der Waals surface area contributed by atoms with E-state index in [2.05, 4.69) is 11.9 Å². The van der Waals surface area contributed by atoms with Crippen LogP contribution in [0.2, 0.25) is 0 Å². The van der Waals surface area contributed by atoms with Gasteiger partial charge in [0.05, 0.1) is 29.8 Å². The van der Waals surface area contributed by atoms with Crippen LogP contribution < -0.4 is 9.47 Å². The Morgan fingerprint density at radius 1 is 1.10 bits per heavy atom. The van der Waals surface area contributed by atoms with Gasteiger partial charge in [-0.2, -0.15) is 0 Å². The quantitative estimate of drug-likeness (QED) is 0.681. The molecule has 0 bridgehead atoms. The van der Waals surface area contributed by atoms with Gasteiger partial charge in [0, 0.05) is 11.8 Å². The third-order valence-corrected chi connectivity index (χ3v) is 3.85. The first-order valence-corrected chi connectivity index (χ1v) is 8.08. The van der Waals surface area contributed by atoms with Crippen LogP contribution in [0.5, 0.6) is 11.5 Å². The second-order valence-corrected chi connectivity index (χ2v) is 5.49. The second-order valence-electron chi connectivity index (χ2n) is 4.28. The van der Waals surface area contributed by atoms with Gasteiger partial charge in [0.1, 0.15) is 11.5 Å². The number of hydrogen-bond acceptors (Lipinski definition) is 4. The summed E-state index contributed by atoms with van der Waals surface area (Å²) in [5.74, 6) is 2.20. The fraction of sp³-hybridized carbons (Fsp3) is 0.400. The Morgan fingerprint density at radius 3 is 2.30 bits per heavy atom. The van der Waals surface area contributed by atoms with Gasteiger partial charge in [0.25, 0.3) is 0 Å². The van der Waals surface area contributed by atoms with E-state index in [4.69, 9.17) is 21.1 Å². The van der Waals surface area contributed by atoms with Crippen LogP contribution in [0.15, 0.2) is 29.6 Å². The molecule has 0 aliphatic carbocycles. The van der Waals surface area contributed by atoms with E-state index in [1.165, 1.54) is 0 Å². The van der Waals surface area contributed by atoms with Crippen molar-refractivity contribution in [2.75, 3.05) is 13.2 Å². The van der Waals surface area contributed by atoms with Crippen molar-refractivity contribution in [2.45, 2.75) is 25.6 Å². The molecule has 0 aliphatic rings. The van der Waals surface area contributed by atoms with E-state index in [0.717, 1.165) is 41.6 Å². The van der Waals surface area contributed by atoms with Crippen molar-refractivity contribution in [3.8, 4) is 11.5 Å². The summed E-state index contributed by atoms with van der Waals surface area (Å²) in [6.45, 7) is 3.45. The SMILES string of the molecule is CCCOc1ccc(OCCc2nc(CCl)cs2)cc1. The molecule has 0 aliphatic heterocycles. The predicted molar refractivity (Wildman–Crippen MR) is 83.1 cm³/mol. The van der Waals surface area contributed by atoms with Gasteiger partial charge in [-0.1, -0.05) is 6.92 Å². The molecule has 3 nitrogen and oxygen atoms in total. The van der Waals surface area contributed by atoms with E-state index in [-0.39, 0.29) is 0 Å². The van der Waals surface area contributed by atoms with Crippen LogP contribution in [0, 0.1) is 0 Å². The predicted octanol–water partition coefficient (Wildman–Crippen LogP) is 4.29. The van der Waals surface area contributed by atoms with Crippen LogP contribution >= 0.6 is 22.9 Å². The Morgan fingerprint density at radius 2 is 1.75 bits per heavy atom. The highest BCUT2D eigenvalue weighted by Gasteiger charge is 2.02. The number of alkyl halides is 1. The molecule has 2 aromatic rings. The van der Waals surface area contributed by atoms with Crippen LogP contribution in [0.1, 0.15) is 24.0 Å². The molecule has 1 aromatic heterocycles. The molecule has 0 spiro atoms. The van der Waals surface area contributed by atoms with Gasteiger partial charge in [-0.25, -0.2) is 4.98 Å². The zero-order valence-electron chi connectivity index (χ0n) is 11.5. The fourth-order valence-corrected chi connectivity index (χ4v) is 2.64. The largest absolute Gasteiger partial charge is 0.494 e. The molecule has 1 aromatic carbocycles. The first-order chi connectivity index (χ1) is 9.81. The van der Waals surface area contributed by atoms with E-state index in [1.807, 2.05) is 29.6 Å². The number of rotatable bonds is 8. The van der Waals surface area contributed by atoms with Crippen molar-refractivity contribution in [1.29, 1.82) is 0 Å². The fourth-order valence-electron chi connectivity index (χ4n) is 1.63. The minimum atomic E-state index is 0.469. The molecule has 0 N–H and O–H groups in total. The van der Waals surface area contributed by atoms with Gasteiger partial charge in [0.15, 0.2) is 0 Å². The van der Waals surface area contributed by atoms with Gasteiger partial charge in [0.2, 0.25) is 0 Å². The lowest BCUT2D eigenvalue weighted by Gasteiger charge is -2.07. The molecule has 1 heterocycles. The maximum atomic E-state index is 5.72. The first-order valence-electron chi connectivity index (χ1n) is 6.66. The summed E-state index contributed by atoms with van der Waals surface area (Å²) in [5, 5.41) is 3.05. The molecule has 0 atom stereocenters. The van der Waals surface area contributed by atoms with E-state index in [0.29, 0.717) is 12.5 Å². The summed E-state index contributed by atoms with van der Waals surface area (Å²) in [6.07, 6.45) is 1.81. The van der Waals surface area contributed by atoms with Gasteiger partial charge >= 0.3 is 0 Å². The number of aromatic nitrogens is 1. The Kier molecular flexibility index (Phi) is 6.15. The number of benzene rings is 1. The van der Waals surface area contributed by atoms with Gasteiger partial charge < -0.3 is 9.47 Å². The Bertz CT molecular complexity index is 513. The topological polar surface area (TPSA) is 31.4 Å². The van der Waals surface area contributed by atoms with Crippen LogP contribution in [0.25, 0.3) is 0 Å². The number of nitrogens with zero attached hydrogens (tertiary/aromatic N) is 1. The van der Waals surface area contributed by atoms with Crippen LogP contribution in [0.4, 0.5) is 0 Å². The van der Waals surface area contributed by atoms with Crippen molar-refractivity contribution in [2.24, 2.45) is 0 Å². The molecule has 2 rings (SSSR count). The highest BCUT2D eigenvalue weighted by atomic mass is 35.5. The minimum Gasteiger partial charge on any atom is -0.494 e. The van der Waals surface area contributed by atoms with Gasteiger partial charge in [-0.3, -0.25) is 0 Å². The maximum Gasteiger partial charge on any atom is 0.119 e. The first kappa shape index (κ1) is 15.1. The molecule has 0 saturated heterocycles. The Labute approximate surface area is 128 Å². The summed E-state index contributed by atoms with van der Waals surface area (Å²) >= 11 is 7.35. The smallest absolute Gasteiger partial charge is 0.119 e. The molecule has 0 fully saturated rings. The normalized spacial score (nSPS) is 10.5. The highest BCUT2D eigenvalue weighted by molar-refractivity contribution is 7.09. The molecule has 0 radical (unpaired) electrons. The van der Waals surface area contributed by atoms with Crippen LogP contribution in [-0.4, -0.2) is 18.2 Å². The zero-order chi connectivity index (χ0) is 14.2. The van der Waals surface area contributed by atoms with E-state index >= 15 is 0 Å². The second kappa shape index (κ2) is 8.12. The van der Waals surface area contributed by atoms with E-state index in [9.17, 15) is 0 Å². The van der Waals surface area contributed by atoms with E-state index < -0.39 is 0 Å². The van der Waals surface area contributed by atoms with Crippen LogP contribution in [0.3, 0.4) is 0 Å². The lowest BCUT2D eigenvalue weighted by molar-refractivity contribution is 0.310. The number of hydrogen-bond donors (Lipinski definition) is 0. The van der Waals surface area contributed by atoms with Crippen molar-refractivity contribution in [3.05, 3.63) is 40.3 Å². The van der Waals surface area contributed by atoms with Gasteiger partial charge in [-0.15, -0.1) is 22.9 Å². The molecular formula is C15H18ClNO2S. The number of thiazole rings is 1. The Hall–Kier alpha value is -1.26. The van der Waals surface area contributed by atoms with Crippen LogP contribution in [-0.2, 0) is 12.3 Å². The Balaban J connectivity index is 1.76. The molecule has 0 amide bonds. The standard InChI is InChI=1S/C15H18ClNO2S/c1-2-8-18-13-3-5-14(6-4-13)19-9-7-15-17-12(10-16)11-20-15/h3-6,11H,2,7-10H2,1H3. The summed E-state index contributed by atoms with van der Waals surface area (Å²) < 4.78 is 11.2. The molecule has 5 heteroatoms. The summed E-state index contributed by atoms with van der Waals surface area (Å²) in [5.41, 5.74) is 0.934. The van der Waals surface area contributed by atoms with Crippen molar-refractivity contribution < 1.29 is 9.47 Å². The van der Waals surface area contributed by atoms with Crippen molar-refractivity contribution in [3.63, 3.8) is 0 Å². The molecule has 108 valence electrons. The number of ether oxygens (including phenoxy) is 2. The molecule has 20 heavy (non-hydrogen) atoms. The lowest BCUT2D eigenvalue weighted by atomic mass is 10.3. The molecule has 0 unspecified atom stereocenters. The lowest BCUT2D eigenvalue weighted by Crippen LogP contribution is -2.01. The van der Waals surface area contributed by atoms with Gasteiger partial charge in [-0.05, 0) is 30.7 Å². The average molecular weight is 312 g/mol. The summed E-state index contributed by atoms with van der Waals surface area (Å²) in [6, 6.07) is 7.72. The zero-order valence-corrected chi connectivity index (χ0v) is 13.0.